The number of rotatable bonds is 7. The lowest BCUT2D eigenvalue weighted by Crippen LogP contribution is -2.12. The van der Waals surface area contributed by atoms with Gasteiger partial charge in [-0.1, -0.05) is 48.5 Å². The van der Waals surface area contributed by atoms with E-state index in [0.29, 0.717) is 17.9 Å². The van der Waals surface area contributed by atoms with Crippen molar-refractivity contribution in [1.82, 2.24) is 0 Å². The third-order valence-electron chi connectivity index (χ3n) is 2.99. The average Bonchev–Trinajstić information content (AvgIpc) is 2.53. The second kappa shape index (κ2) is 8.49. The fourth-order valence-corrected chi connectivity index (χ4v) is 2.79. The van der Waals surface area contributed by atoms with Crippen molar-refractivity contribution in [2.45, 2.75) is 12.5 Å². The summed E-state index contributed by atoms with van der Waals surface area (Å²) in [5.41, 5.74) is 1.73. The highest BCUT2D eigenvalue weighted by molar-refractivity contribution is 7.99. The molecule has 0 heterocycles. The molecule has 0 fully saturated rings. The maximum atomic E-state index is 11.7. The summed E-state index contributed by atoms with van der Waals surface area (Å²) >= 11 is 1.58. The fourth-order valence-electron chi connectivity index (χ4n) is 1.88. The molecule has 0 aliphatic heterocycles. The number of aliphatic hydroxyl groups excluding tert-OH is 1. The lowest BCUT2D eigenvalue weighted by Gasteiger charge is -2.10. The molecule has 0 aliphatic rings. The minimum Gasteiger partial charge on any atom is -0.388 e. The summed E-state index contributed by atoms with van der Waals surface area (Å²) in [6, 6.07) is 19.0. The Bertz CT molecular complexity index is 545. The lowest BCUT2D eigenvalue weighted by atomic mass is 10.1. The summed E-state index contributed by atoms with van der Waals surface area (Å²) in [5.74, 6) is 1.30. The predicted molar refractivity (Wildman–Crippen MR) is 88.4 cm³/mol. The topological polar surface area (TPSA) is 49.3 Å². The normalized spacial score (nSPS) is 11.9. The predicted octanol–water partition coefficient (Wildman–Crippen LogP) is 3.48. The number of carbonyl (C=O) groups excluding carboxylic acids is 1. The highest BCUT2D eigenvalue weighted by atomic mass is 32.2. The van der Waals surface area contributed by atoms with Gasteiger partial charge in [-0.05, 0) is 17.7 Å². The van der Waals surface area contributed by atoms with Crippen molar-refractivity contribution in [1.29, 1.82) is 0 Å². The smallest absolute Gasteiger partial charge is 0.225 e. The van der Waals surface area contributed by atoms with E-state index in [2.05, 4.69) is 5.32 Å². The summed E-state index contributed by atoms with van der Waals surface area (Å²) in [6.07, 6.45) is -0.0328. The van der Waals surface area contributed by atoms with Gasteiger partial charge in [-0.25, -0.2) is 0 Å². The van der Waals surface area contributed by atoms with Crippen LogP contribution in [0.15, 0.2) is 60.7 Å². The molecule has 2 N–H and O–H groups in total. The molecule has 0 saturated carbocycles. The van der Waals surface area contributed by atoms with Gasteiger partial charge in [0.1, 0.15) is 0 Å². The summed E-state index contributed by atoms with van der Waals surface area (Å²) in [5, 5.41) is 12.8. The van der Waals surface area contributed by atoms with Crippen LogP contribution in [0.4, 0.5) is 5.69 Å². The van der Waals surface area contributed by atoms with Crippen molar-refractivity contribution in [3.63, 3.8) is 0 Å². The summed E-state index contributed by atoms with van der Waals surface area (Å²) < 4.78 is 0. The largest absolute Gasteiger partial charge is 0.388 e. The Kier molecular flexibility index (Phi) is 6.31. The Morgan fingerprint density at radius 1 is 1.05 bits per heavy atom. The van der Waals surface area contributed by atoms with E-state index in [0.717, 1.165) is 11.3 Å². The van der Waals surface area contributed by atoms with Crippen molar-refractivity contribution in [2.24, 2.45) is 0 Å². The van der Waals surface area contributed by atoms with Crippen LogP contribution in [-0.2, 0) is 4.79 Å². The number of para-hydroxylation sites is 1. The van der Waals surface area contributed by atoms with Gasteiger partial charge < -0.3 is 10.4 Å². The molecule has 0 aromatic heterocycles. The molecule has 1 atom stereocenters. The minimum absolute atomic E-state index is 0.00269. The molecule has 3 nitrogen and oxygen atoms in total. The molecule has 0 spiro atoms. The van der Waals surface area contributed by atoms with Gasteiger partial charge >= 0.3 is 0 Å². The molecule has 2 rings (SSSR count). The zero-order chi connectivity index (χ0) is 14.9. The molecule has 21 heavy (non-hydrogen) atoms. The highest BCUT2D eigenvalue weighted by Gasteiger charge is 2.07. The molecule has 1 amide bonds. The minimum atomic E-state index is -0.478. The van der Waals surface area contributed by atoms with E-state index in [1.54, 1.807) is 11.8 Å². The van der Waals surface area contributed by atoms with Crippen molar-refractivity contribution in [2.75, 3.05) is 16.8 Å². The first-order valence-corrected chi connectivity index (χ1v) is 8.07. The van der Waals surface area contributed by atoms with Crippen LogP contribution in [-0.4, -0.2) is 22.5 Å². The van der Waals surface area contributed by atoms with E-state index in [1.807, 2.05) is 60.7 Å². The lowest BCUT2D eigenvalue weighted by molar-refractivity contribution is -0.115. The fraction of sp³-hybridized carbons (Fsp3) is 0.235. The molecule has 2 aromatic rings. The first-order chi connectivity index (χ1) is 10.3. The monoisotopic (exact) mass is 301 g/mol. The first kappa shape index (κ1) is 15.6. The number of benzene rings is 2. The number of nitrogens with one attached hydrogen (secondary N) is 1. The molecule has 2 aromatic carbocycles. The highest BCUT2D eigenvalue weighted by Crippen LogP contribution is 2.18. The zero-order valence-electron chi connectivity index (χ0n) is 11.7. The SMILES string of the molecule is O=C(CCSC[C@H](O)c1ccccc1)Nc1ccccc1. The molecule has 0 bridgehead atoms. The van der Waals surface area contributed by atoms with Gasteiger partial charge in [0.25, 0.3) is 0 Å². The molecule has 0 radical (unpaired) electrons. The maximum Gasteiger partial charge on any atom is 0.225 e. The third-order valence-corrected chi connectivity index (χ3v) is 4.04. The standard InChI is InChI=1S/C17H19NO2S/c19-16(14-7-3-1-4-8-14)13-21-12-11-17(20)18-15-9-5-2-6-10-15/h1-10,16,19H,11-13H2,(H,18,20)/t16-/m0/s1. The van der Waals surface area contributed by atoms with Crippen molar-refractivity contribution < 1.29 is 9.90 Å². The Morgan fingerprint density at radius 3 is 2.33 bits per heavy atom. The van der Waals surface area contributed by atoms with Gasteiger partial charge in [-0.3, -0.25) is 4.79 Å². The number of hydrogen-bond donors (Lipinski definition) is 2. The summed E-state index contributed by atoms with van der Waals surface area (Å²) in [7, 11) is 0. The van der Waals surface area contributed by atoms with Crippen LogP contribution >= 0.6 is 11.8 Å². The van der Waals surface area contributed by atoms with Gasteiger partial charge in [-0.15, -0.1) is 0 Å². The zero-order valence-corrected chi connectivity index (χ0v) is 12.6. The summed E-state index contributed by atoms with van der Waals surface area (Å²) in [4.78, 5) is 11.7. The molecule has 0 unspecified atom stereocenters. The van der Waals surface area contributed by atoms with Gasteiger partial charge in [0.2, 0.25) is 5.91 Å². The Labute approximate surface area is 129 Å². The van der Waals surface area contributed by atoms with Gasteiger partial charge in [0.05, 0.1) is 6.10 Å². The number of amides is 1. The molecule has 110 valence electrons. The maximum absolute atomic E-state index is 11.7. The first-order valence-electron chi connectivity index (χ1n) is 6.91. The number of anilines is 1. The summed E-state index contributed by atoms with van der Waals surface area (Å²) in [6.45, 7) is 0. The van der Waals surface area contributed by atoms with Crippen LogP contribution in [0, 0.1) is 0 Å². The van der Waals surface area contributed by atoms with Crippen LogP contribution < -0.4 is 5.32 Å². The van der Waals surface area contributed by atoms with Crippen molar-refractivity contribution in [3.05, 3.63) is 66.2 Å². The van der Waals surface area contributed by atoms with Gasteiger partial charge in [-0.2, -0.15) is 11.8 Å². The van der Waals surface area contributed by atoms with E-state index in [1.165, 1.54) is 0 Å². The van der Waals surface area contributed by atoms with Crippen LogP contribution in [0.3, 0.4) is 0 Å². The molecule has 0 aliphatic carbocycles. The van der Waals surface area contributed by atoms with Gasteiger partial charge in [0.15, 0.2) is 0 Å². The molecule has 4 heteroatoms. The number of hydrogen-bond acceptors (Lipinski definition) is 3. The van der Waals surface area contributed by atoms with E-state index >= 15 is 0 Å². The second-order valence-electron chi connectivity index (χ2n) is 4.67. The average molecular weight is 301 g/mol. The van der Waals surface area contributed by atoms with Crippen molar-refractivity contribution >= 4 is 23.4 Å². The third kappa shape index (κ3) is 5.61. The quantitative estimate of drug-likeness (QED) is 0.770. The number of carbonyl (C=O) groups is 1. The van der Waals surface area contributed by atoms with E-state index in [4.69, 9.17) is 0 Å². The van der Waals surface area contributed by atoms with Crippen LogP contribution in [0.25, 0.3) is 0 Å². The van der Waals surface area contributed by atoms with Crippen LogP contribution in [0.1, 0.15) is 18.1 Å². The Hall–Kier alpha value is -1.78. The molecule has 0 saturated heterocycles. The van der Waals surface area contributed by atoms with Gasteiger partial charge in [0, 0.05) is 23.6 Å². The molecular formula is C17H19NO2S. The van der Waals surface area contributed by atoms with E-state index in [9.17, 15) is 9.90 Å². The Balaban J connectivity index is 1.64. The molecular weight excluding hydrogens is 282 g/mol. The number of aliphatic hydroxyl groups is 1. The van der Waals surface area contributed by atoms with E-state index < -0.39 is 6.10 Å². The Morgan fingerprint density at radius 2 is 1.67 bits per heavy atom. The second-order valence-corrected chi connectivity index (χ2v) is 5.82. The van der Waals surface area contributed by atoms with Crippen LogP contribution in [0.5, 0.6) is 0 Å². The number of thioether (sulfide) groups is 1. The van der Waals surface area contributed by atoms with Crippen molar-refractivity contribution in [3.8, 4) is 0 Å². The van der Waals surface area contributed by atoms with Crippen LogP contribution in [0.2, 0.25) is 0 Å². The van der Waals surface area contributed by atoms with E-state index in [-0.39, 0.29) is 5.91 Å².